The standard InChI is InChI=1S/C21H17ClN4O6S/c1-25(17-8-4-7-16(22)13-17)33(31,32)19-10-3-6-15(12-19)21(28)24-23-20(27)14-5-2-9-18(11-14)26(29)30/h2-13H,1H3,(H,23,27)(H,24,28). The minimum atomic E-state index is -4.01. The predicted octanol–water partition coefficient (Wildman–Crippen LogP) is 3.15. The zero-order chi connectivity index (χ0) is 24.2. The molecule has 0 fully saturated rings. The van der Waals surface area contributed by atoms with E-state index in [0.29, 0.717) is 10.7 Å². The normalized spacial score (nSPS) is 10.8. The smallest absolute Gasteiger partial charge is 0.269 e. The highest BCUT2D eigenvalue weighted by atomic mass is 35.5. The van der Waals surface area contributed by atoms with Crippen LogP contribution in [-0.4, -0.2) is 32.2 Å². The summed E-state index contributed by atoms with van der Waals surface area (Å²) in [6.45, 7) is 0. The third-order valence-corrected chi connectivity index (χ3v) is 6.55. The summed E-state index contributed by atoms with van der Waals surface area (Å²) in [6, 6.07) is 16.5. The van der Waals surface area contributed by atoms with Crippen molar-refractivity contribution in [2.75, 3.05) is 11.4 Å². The van der Waals surface area contributed by atoms with Gasteiger partial charge in [0.25, 0.3) is 27.5 Å². The van der Waals surface area contributed by atoms with Gasteiger partial charge in [0.15, 0.2) is 0 Å². The lowest BCUT2D eigenvalue weighted by Crippen LogP contribution is -2.41. The Kier molecular flexibility index (Phi) is 6.95. The van der Waals surface area contributed by atoms with Gasteiger partial charge in [-0.1, -0.05) is 29.8 Å². The third-order valence-electron chi connectivity index (χ3n) is 4.54. The molecule has 0 saturated carbocycles. The number of anilines is 1. The van der Waals surface area contributed by atoms with E-state index in [4.69, 9.17) is 11.6 Å². The van der Waals surface area contributed by atoms with Crippen molar-refractivity contribution in [1.82, 2.24) is 10.9 Å². The van der Waals surface area contributed by atoms with Crippen LogP contribution >= 0.6 is 11.6 Å². The lowest BCUT2D eigenvalue weighted by molar-refractivity contribution is -0.384. The molecular weight excluding hydrogens is 472 g/mol. The molecule has 0 heterocycles. The number of carbonyl (C=O) groups is 2. The Morgan fingerprint density at radius 3 is 2.09 bits per heavy atom. The third kappa shape index (κ3) is 5.45. The first-order valence-electron chi connectivity index (χ1n) is 9.29. The molecule has 3 aromatic rings. The molecule has 2 amide bonds. The van der Waals surface area contributed by atoms with E-state index in [1.165, 1.54) is 49.5 Å². The van der Waals surface area contributed by atoms with Gasteiger partial charge < -0.3 is 0 Å². The molecule has 0 atom stereocenters. The van der Waals surface area contributed by atoms with Crippen molar-refractivity contribution in [1.29, 1.82) is 0 Å². The van der Waals surface area contributed by atoms with Crippen LogP contribution in [0, 0.1) is 10.1 Å². The lowest BCUT2D eigenvalue weighted by Gasteiger charge is -2.20. The first-order valence-corrected chi connectivity index (χ1v) is 11.1. The summed E-state index contributed by atoms with van der Waals surface area (Å²) in [4.78, 5) is 34.7. The topological polar surface area (TPSA) is 139 Å². The average molecular weight is 489 g/mol. The largest absolute Gasteiger partial charge is 0.270 e. The van der Waals surface area contributed by atoms with Crippen molar-refractivity contribution in [3.05, 3.63) is 99.1 Å². The maximum absolute atomic E-state index is 13.0. The highest BCUT2D eigenvalue weighted by molar-refractivity contribution is 7.92. The number of non-ortho nitro benzene ring substituents is 1. The van der Waals surface area contributed by atoms with Crippen LogP contribution in [0.5, 0.6) is 0 Å². The average Bonchev–Trinajstić information content (AvgIpc) is 2.81. The number of nitro groups is 1. The van der Waals surface area contributed by atoms with E-state index in [-0.39, 0.29) is 21.7 Å². The number of halogens is 1. The molecule has 170 valence electrons. The summed E-state index contributed by atoms with van der Waals surface area (Å²) in [6.07, 6.45) is 0. The number of amides is 2. The molecule has 0 aliphatic rings. The second-order valence-electron chi connectivity index (χ2n) is 6.70. The molecule has 0 aliphatic carbocycles. The molecule has 0 unspecified atom stereocenters. The highest BCUT2D eigenvalue weighted by Crippen LogP contribution is 2.25. The number of nitrogens with zero attached hydrogens (tertiary/aromatic N) is 2. The first-order chi connectivity index (χ1) is 15.6. The van der Waals surface area contributed by atoms with Gasteiger partial charge in [-0.25, -0.2) is 8.42 Å². The molecule has 0 aromatic heterocycles. The Labute approximate surface area is 194 Å². The monoisotopic (exact) mass is 488 g/mol. The minimum absolute atomic E-state index is 0.0325. The van der Waals surface area contributed by atoms with Crippen molar-refractivity contribution in [3.63, 3.8) is 0 Å². The summed E-state index contributed by atoms with van der Waals surface area (Å²) < 4.78 is 27.0. The van der Waals surface area contributed by atoms with Crippen LogP contribution in [0.15, 0.2) is 77.7 Å². The molecule has 33 heavy (non-hydrogen) atoms. The number of nitrogens with one attached hydrogen (secondary N) is 2. The Hall–Kier alpha value is -3.96. The minimum Gasteiger partial charge on any atom is -0.269 e. The second-order valence-corrected chi connectivity index (χ2v) is 9.10. The van der Waals surface area contributed by atoms with E-state index in [1.54, 1.807) is 18.2 Å². The van der Waals surface area contributed by atoms with E-state index in [0.717, 1.165) is 16.4 Å². The highest BCUT2D eigenvalue weighted by Gasteiger charge is 2.23. The maximum atomic E-state index is 13.0. The zero-order valence-electron chi connectivity index (χ0n) is 17.1. The summed E-state index contributed by atoms with van der Waals surface area (Å²) in [5.41, 5.74) is 4.28. The van der Waals surface area contributed by atoms with Gasteiger partial charge in [-0.2, -0.15) is 0 Å². The molecule has 0 radical (unpaired) electrons. The van der Waals surface area contributed by atoms with Gasteiger partial charge in [-0.05, 0) is 42.5 Å². The fourth-order valence-electron chi connectivity index (χ4n) is 2.79. The van der Waals surface area contributed by atoms with Gasteiger partial charge in [-0.15, -0.1) is 0 Å². The van der Waals surface area contributed by atoms with Gasteiger partial charge in [0.2, 0.25) is 0 Å². The van der Waals surface area contributed by atoms with Crippen LogP contribution < -0.4 is 15.2 Å². The molecule has 0 saturated heterocycles. The number of hydrazine groups is 1. The van der Waals surface area contributed by atoms with Crippen molar-refractivity contribution in [3.8, 4) is 0 Å². The second kappa shape index (κ2) is 9.67. The van der Waals surface area contributed by atoms with Crippen LogP contribution in [0.2, 0.25) is 5.02 Å². The molecule has 2 N–H and O–H groups in total. The summed E-state index contributed by atoms with van der Waals surface area (Å²) >= 11 is 5.94. The Bertz CT molecular complexity index is 1350. The number of nitro benzene ring substituents is 1. The predicted molar refractivity (Wildman–Crippen MR) is 122 cm³/mol. The van der Waals surface area contributed by atoms with E-state index in [1.807, 2.05) is 0 Å². The SMILES string of the molecule is CN(c1cccc(Cl)c1)S(=O)(=O)c1cccc(C(=O)NNC(=O)c2cccc([N+](=O)[O-])c2)c1. The number of rotatable bonds is 6. The van der Waals surface area contributed by atoms with Gasteiger partial charge in [-0.3, -0.25) is 34.9 Å². The Morgan fingerprint density at radius 1 is 0.909 bits per heavy atom. The zero-order valence-corrected chi connectivity index (χ0v) is 18.6. The molecule has 12 heteroatoms. The molecule has 0 spiro atoms. The summed E-state index contributed by atoms with van der Waals surface area (Å²) in [7, 11) is -2.65. The van der Waals surface area contributed by atoms with Crippen molar-refractivity contribution < 1.29 is 22.9 Å². The molecular formula is C21H17ClN4O6S. The van der Waals surface area contributed by atoms with Crippen molar-refractivity contribution in [2.24, 2.45) is 0 Å². The maximum Gasteiger partial charge on any atom is 0.270 e. The lowest BCUT2D eigenvalue weighted by atomic mass is 10.2. The Morgan fingerprint density at radius 2 is 1.48 bits per heavy atom. The Balaban J connectivity index is 1.75. The fourth-order valence-corrected chi connectivity index (χ4v) is 4.20. The quantitative estimate of drug-likeness (QED) is 0.403. The molecule has 0 aliphatic heterocycles. The van der Waals surface area contributed by atoms with Crippen LogP contribution in [0.4, 0.5) is 11.4 Å². The van der Waals surface area contributed by atoms with Gasteiger partial charge in [0.05, 0.1) is 15.5 Å². The summed E-state index contributed by atoms with van der Waals surface area (Å²) in [5, 5.41) is 11.2. The number of benzene rings is 3. The number of carbonyl (C=O) groups excluding carboxylic acids is 2. The molecule has 0 bridgehead atoms. The van der Waals surface area contributed by atoms with E-state index >= 15 is 0 Å². The van der Waals surface area contributed by atoms with Crippen LogP contribution in [-0.2, 0) is 10.0 Å². The fraction of sp³-hybridized carbons (Fsp3) is 0.0476. The van der Waals surface area contributed by atoms with Gasteiger partial charge in [0.1, 0.15) is 0 Å². The molecule has 10 nitrogen and oxygen atoms in total. The molecule has 3 aromatic carbocycles. The van der Waals surface area contributed by atoms with Crippen molar-refractivity contribution in [2.45, 2.75) is 4.90 Å². The van der Waals surface area contributed by atoms with E-state index < -0.39 is 26.8 Å². The van der Waals surface area contributed by atoms with Crippen LogP contribution in [0.25, 0.3) is 0 Å². The number of sulfonamides is 1. The van der Waals surface area contributed by atoms with Crippen LogP contribution in [0.3, 0.4) is 0 Å². The number of hydrogen-bond donors (Lipinski definition) is 2. The van der Waals surface area contributed by atoms with Gasteiger partial charge >= 0.3 is 0 Å². The van der Waals surface area contributed by atoms with E-state index in [9.17, 15) is 28.1 Å². The summed E-state index contributed by atoms with van der Waals surface area (Å²) in [5.74, 6) is -1.56. The molecule has 3 rings (SSSR count). The van der Waals surface area contributed by atoms with E-state index in [2.05, 4.69) is 10.9 Å². The van der Waals surface area contributed by atoms with Crippen molar-refractivity contribution >= 4 is 44.8 Å². The van der Waals surface area contributed by atoms with Crippen LogP contribution in [0.1, 0.15) is 20.7 Å². The number of hydrogen-bond acceptors (Lipinski definition) is 6. The first kappa shape index (κ1) is 23.7. The van der Waals surface area contributed by atoms with Gasteiger partial charge in [0, 0.05) is 35.3 Å².